The molecule has 1 heterocycles. The minimum atomic E-state index is -3.08. The predicted molar refractivity (Wildman–Crippen MR) is 128 cm³/mol. The van der Waals surface area contributed by atoms with Crippen LogP contribution in [0.15, 0.2) is 91.0 Å². The van der Waals surface area contributed by atoms with Crippen LogP contribution in [0.2, 0.25) is 6.04 Å². The molecule has 0 aromatic heterocycles. The molecule has 1 fully saturated rings. The predicted octanol–water partition coefficient (Wildman–Crippen LogP) is 5.76. The maximum atomic E-state index is 7.03. The summed E-state index contributed by atoms with van der Waals surface area (Å²) >= 11 is 0. The smallest absolute Gasteiger partial charge is 0.377 e. The third-order valence-electron chi connectivity index (χ3n) is 6.94. The molecule has 4 nitrogen and oxygen atoms in total. The Labute approximate surface area is 192 Å². The highest BCUT2D eigenvalue weighted by molar-refractivity contribution is 6.61. The number of methoxy groups -OCH3 is 1. The monoisotopic (exact) mass is 448 g/mol. The number of ether oxygens (including phenoxy) is 1. The Kier molecular flexibility index (Phi) is 6.14. The van der Waals surface area contributed by atoms with Crippen LogP contribution in [0.5, 0.6) is 0 Å². The van der Waals surface area contributed by atoms with Gasteiger partial charge in [0.05, 0.1) is 5.41 Å². The van der Waals surface area contributed by atoms with E-state index < -0.39 is 20.0 Å². The van der Waals surface area contributed by atoms with Crippen LogP contribution in [0.1, 0.15) is 30.5 Å². The molecule has 0 radical (unpaired) electrons. The van der Waals surface area contributed by atoms with Crippen molar-refractivity contribution in [3.05, 3.63) is 108 Å². The first-order valence-electron chi connectivity index (χ1n) is 10.9. The molecule has 4 rings (SSSR count). The SMILES string of the molecule is COC1(c2ccccc2)O[Si](OC)(OC)CC(C)(C)C1(c1ccccc1)c1ccccc1. The van der Waals surface area contributed by atoms with Crippen LogP contribution in [0.4, 0.5) is 0 Å². The van der Waals surface area contributed by atoms with E-state index in [1.807, 2.05) is 30.3 Å². The molecule has 0 saturated carbocycles. The lowest BCUT2D eigenvalue weighted by molar-refractivity contribution is -0.275. The molecule has 5 heteroatoms. The Morgan fingerprint density at radius 2 is 1.06 bits per heavy atom. The fourth-order valence-corrected chi connectivity index (χ4v) is 8.55. The van der Waals surface area contributed by atoms with E-state index in [1.165, 1.54) is 0 Å². The molecule has 0 N–H and O–H groups in total. The number of hydrogen-bond donors (Lipinski definition) is 0. The maximum absolute atomic E-state index is 7.03. The average molecular weight is 449 g/mol. The Morgan fingerprint density at radius 3 is 1.44 bits per heavy atom. The van der Waals surface area contributed by atoms with Crippen molar-refractivity contribution in [3.8, 4) is 0 Å². The molecule has 3 aromatic rings. The van der Waals surface area contributed by atoms with Crippen LogP contribution in [0, 0.1) is 5.41 Å². The van der Waals surface area contributed by atoms with Crippen molar-refractivity contribution in [2.45, 2.75) is 31.1 Å². The number of rotatable bonds is 6. The second-order valence-electron chi connectivity index (χ2n) is 8.92. The molecule has 0 aliphatic carbocycles. The molecule has 1 aliphatic rings. The van der Waals surface area contributed by atoms with E-state index in [-0.39, 0.29) is 5.41 Å². The number of hydrogen-bond acceptors (Lipinski definition) is 4. The Balaban J connectivity index is 2.18. The van der Waals surface area contributed by atoms with Crippen LogP contribution < -0.4 is 0 Å². The zero-order valence-electron chi connectivity index (χ0n) is 19.5. The summed E-state index contributed by atoms with van der Waals surface area (Å²) in [7, 11) is 1.99. The van der Waals surface area contributed by atoms with Gasteiger partial charge in [-0.05, 0) is 16.5 Å². The van der Waals surface area contributed by atoms with E-state index in [4.69, 9.17) is 18.0 Å². The summed E-state index contributed by atoms with van der Waals surface area (Å²) in [5.41, 5.74) is 2.12. The van der Waals surface area contributed by atoms with Gasteiger partial charge < -0.3 is 18.0 Å². The zero-order chi connectivity index (χ0) is 22.9. The quantitative estimate of drug-likeness (QED) is 0.449. The van der Waals surface area contributed by atoms with E-state index in [0.29, 0.717) is 6.04 Å². The summed E-state index contributed by atoms with van der Waals surface area (Å²) in [6.45, 7) is 4.54. The Morgan fingerprint density at radius 1 is 0.656 bits per heavy atom. The van der Waals surface area contributed by atoms with Crippen molar-refractivity contribution in [2.24, 2.45) is 5.41 Å². The molecule has 0 amide bonds. The topological polar surface area (TPSA) is 36.9 Å². The summed E-state index contributed by atoms with van der Waals surface area (Å²) in [5.74, 6) is -1.18. The highest BCUT2D eigenvalue weighted by atomic mass is 28.4. The molecule has 168 valence electrons. The highest BCUT2D eigenvalue weighted by Crippen LogP contribution is 2.65. The van der Waals surface area contributed by atoms with Gasteiger partial charge in [-0.1, -0.05) is 105 Å². The van der Waals surface area contributed by atoms with Crippen LogP contribution in [0.25, 0.3) is 0 Å². The van der Waals surface area contributed by atoms with E-state index >= 15 is 0 Å². The van der Waals surface area contributed by atoms with E-state index in [2.05, 4.69) is 74.5 Å². The standard InChI is InChI=1S/C27H32O4Si/c1-25(2)21-32(29-4,30-5)31-27(28-3,24-19-13-8-14-20-24)26(25,22-15-9-6-10-16-22)23-17-11-7-12-18-23/h6-20H,21H2,1-5H3. The van der Waals surface area contributed by atoms with Gasteiger partial charge in [0.15, 0.2) is 0 Å². The summed E-state index contributed by atoms with van der Waals surface area (Å²) in [6.07, 6.45) is 0. The molecule has 0 spiro atoms. The second-order valence-corrected chi connectivity index (χ2v) is 11.7. The van der Waals surface area contributed by atoms with Crippen molar-refractivity contribution in [2.75, 3.05) is 21.3 Å². The van der Waals surface area contributed by atoms with E-state index in [1.54, 1.807) is 21.3 Å². The van der Waals surface area contributed by atoms with Gasteiger partial charge in [0.2, 0.25) is 5.79 Å². The highest BCUT2D eigenvalue weighted by Gasteiger charge is 2.73. The van der Waals surface area contributed by atoms with Gasteiger partial charge in [0.1, 0.15) is 0 Å². The van der Waals surface area contributed by atoms with Gasteiger partial charge in [-0.25, -0.2) is 0 Å². The lowest BCUT2D eigenvalue weighted by Crippen LogP contribution is -2.71. The van der Waals surface area contributed by atoms with Crippen LogP contribution in [0.3, 0.4) is 0 Å². The fraction of sp³-hybridized carbons (Fsp3) is 0.333. The first-order chi connectivity index (χ1) is 15.4. The zero-order valence-corrected chi connectivity index (χ0v) is 20.5. The number of benzene rings is 3. The summed E-state index contributed by atoms with van der Waals surface area (Å²) in [6, 6.07) is 31.9. The normalized spacial score (nSPS) is 23.5. The second kappa shape index (κ2) is 8.58. The van der Waals surface area contributed by atoms with Gasteiger partial charge in [0, 0.05) is 32.9 Å². The Bertz CT molecular complexity index is 980. The fourth-order valence-electron chi connectivity index (χ4n) is 5.71. The maximum Gasteiger partial charge on any atom is 0.503 e. The van der Waals surface area contributed by atoms with Crippen molar-refractivity contribution < 1.29 is 18.0 Å². The lowest BCUT2D eigenvalue weighted by Gasteiger charge is -2.63. The van der Waals surface area contributed by atoms with Gasteiger partial charge >= 0.3 is 8.80 Å². The largest absolute Gasteiger partial charge is 0.503 e. The van der Waals surface area contributed by atoms with Crippen LogP contribution >= 0.6 is 0 Å². The van der Waals surface area contributed by atoms with Crippen molar-refractivity contribution >= 4 is 8.80 Å². The lowest BCUT2D eigenvalue weighted by atomic mass is 9.53. The molecule has 0 bridgehead atoms. The molecular formula is C27H32O4Si. The van der Waals surface area contributed by atoms with E-state index in [9.17, 15) is 0 Å². The first kappa shape index (κ1) is 22.9. The molecule has 1 aliphatic heterocycles. The third-order valence-corrected chi connectivity index (χ3v) is 10.1. The third kappa shape index (κ3) is 3.19. The summed E-state index contributed by atoms with van der Waals surface area (Å²) < 4.78 is 25.6. The van der Waals surface area contributed by atoms with Crippen molar-refractivity contribution in [3.63, 3.8) is 0 Å². The van der Waals surface area contributed by atoms with Crippen molar-refractivity contribution in [1.29, 1.82) is 0 Å². The molecule has 1 saturated heterocycles. The molecular weight excluding hydrogens is 416 g/mol. The van der Waals surface area contributed by atoms with Gasteiger partial charge in [0.25, 0.3) is 0 Å². The molecule has 1 unspecified atom stereocenters. The first-order valence-corrected chi connectivity index (χ1v) is 12.9. The minimum absolute atomic E-state index is 0.363. The Hall–Kier alpha value is -2.28. The van der Waals surface area contributed by atoms with Crippen LogP contribution in [-0.4, -0.2) is 30.1 Å². The minimum Gasteiger partial charge on any atom is -0.377 e. The molecule has 1 atom stereocenters. The summed E-state index contributed by atoms with van der Waals surface area (Å²) in [5, 5.41) is 0. The molecule has 3 aromatic carbocycles. The summed E-state index contributed by atoms with van der Waals surface area (Å²) in [4.78, 5) is 0. The van der Waals surface area contributed by atoms with Gasteiger partial charge in [-0.3, -0.25) is 0 Å². The van der Waals surface area contributed by atoms with E-state index in [0.717, 1.165) is 16.7 Å². The van der Waals surface area contributed by atoms with Crippen LogP contribution in [-0.2, 0) is 29.2 Å². The average Bonchev–Trinajstić information content (AvgIpc) is 2.84. The van der Waals surface area contributed by atoms with Gasteiger partial charge in [-0.2, -0.15) is 0 Å². The van der Waals surface area contributed by atoms with Gasteiger partial charge in [-0.15, -0.1) is 0 Å². The molecule has 32 heavy (non-hydrogen) atoms. The van der Waals surface area contributed by atoms with Crippen molar-refractivity contribution in [1.82, 2.24) is 0 Å².